The van der Waals surface area contributed by atoms with Gasteiger partial charge in [0.05, 0.1) is 16.9 Å². The summed E-state index contributed by atoms with van der Waals surface area (Å²) in [6.45, 7) is 3.82. The Morgan fingerprint density at radius 2 is 1.88 bits per heavy atom. The molecule has 2 nitrogen and oxygen atoms in total. The van der Waals surface area contributed by atoms with E-state index in [2.05, 4.69) is 15.9 Å². The molecule has 16 heavy (non-hydrogen) atoms. The average Bonchev–Trinajstić information content (AvgIpc) is 2.28. The molecule has 0 aromatic heterocycles. The van der Waals surface area contributed by atoms with E-state index in [9.17, 15) is 9.32 Å². The summed E-state index contributed by atoms with van der Waals surface area (Å²) in [4.78, 5) is 0.846. The Balaban J connectivity index is 2.59. The van der Waals surface area contributed by atoms with Crippen LogP contribution < -0.4 is 0 Å². The minimum Gasteiger partial charge on any atom is -0.392 e. The molecule has 4 heteroatoms. The van der Waals surface area contributed by atoms with Crippen molar-refractivity contribution < 1.29 is 9.32 Å². The van der Waals surface area contributed by atoms with Gasteiger partial charge in [-0.2, -0.15) is 0 Å². The minimum atomic E-state index is -1.03. The molecule has 0 amide bonds. The van der Waals surface area contributed by atoms with E-state index in [1.54, 1.807) is 0 Å². The third kappa shape index (κ3) is 4.00. The fraction of sp³-hybridized carbons (Fsp3) is 0.500. The molecule has 0 saturated heterocycles. The summed E-state index contributed by atoms with van der Waals surface area (Å²) in [5.41, 5.74) is 0. The van der Waals surface area contributed by atoms with E-state index >= 15 is 0 Å². The van der Waals surface area contributed by atoms with Crippen LogP contribution in [0.1, 0.15) is 13.8 Å². The number of aliphatic hydroxyl groups excluding tert-OH is 1. The van der Waals surface area contributed by atoms with E-state index in [0.29, 0.717) is 5.75 Å². The fourth-order valence-electron chi connectivity index (χ4n) is 1.46. The van der Waals surface area contributed by atoms with Crippen LogP contribution in [0, 0.1) is 5.92 Å². The van der Waals surface area contributed by atoms with Crippen LogP contribution in [0.25, 0.3) is 0 Å². The molecule has 0 aliphatic heterocycles. The van der Waals surface area contributed by atoms with Crippen molar-refractivity contribution in [2.45, 2.75) is 29.7 Å². The van der Waals surface area contributed by atoms with Crippen molar-refractivity contribution in [2.24, 2.45) is 5.92 Å². The lowest BCUT2D eigenvalue weighted by Crippen LogP contribution is -2.29. The number of hydrogen-bond acceptors (Lipinski definition) is 2. The van der Waals surface area contributed by atoms with E-state index in [1.165, 1.54) is 0 Å². The zero-order chi connectivity index (χ0) is 12.1. The summed E-state index contributed by atoms with van der Waals surface area (Å²) in [5.74, 6) is 0.497. The molecular formula is C12H17BrO2S. The van der Waals surface area contributed by atoms with Gasteiger partial charge < -0.3 is 5.11 Å². The Kier molecular flexibility index (Phi) is 5.66. The lowest BCUT2D eigenvalue weighted by molar-refractivity contribution is 0.130. The Labute approximate surface area is 108 Å². The molecule has 4 atom stereocenters. The maximum Gasteiger partial charge on any atom is 0.0696 e. The number of rotatable bonds is 5. The number of halogens is 1. The number of aliphatic hydroxyl groups is 1. The standard InChI is InChI=1S/C12H17BrO2S/c1-9(12(14)10(2)13)8-16(15)11-6-4-3-5-7-11/h3-7,9-10,12,14H,8H2,1-2H3/t9-,10-,12-,16-/m1/s1. The SMILES string of the molecule is C[C@H](C[S@@](=O)c1ccccc1)[C@@H](O)[C@@H](C)Br. The van der Waals surface area contributed by atoms with Gasteiger partial charge in [-0.05, 0) is 18.1 Å². The van der Waals surface area contributed by atoms with Crippen LogP contribution in [-0.2, 0) is 10.8 Å². The highest BCUT2D eigenvalue weighted by molar-refractivity contribution is 9.09. The van der Waals surface area contributed by atoms with Crippen molar-refractivity contribution >= 4 is 26.7 Å². The molecule has 1 N–H and O–H groups in total. The van der Waals surface area contributed by atoms with Crippen LogP contribution in [0.2, 0.25) is 0 Å². The van der Waals surface area contributed by atoms with E-state index in [-0.39, 0.29) is 10.7 Å². The van der Waals surface area contributed by atoms with Gasteiger partial charge in [0.1, 0.15) is 0 Å². The van der Waals surface area contributed by atoms with Crippen LogP contribution in [0.15, 0.2) is 35.2 Å². The average molecular weight is 305 g/mol. The Hall–Kier alpha value is -0.190. The first-order valence-electron chi connectivity index (χ1n) is 5.28. The molecule has 1 aromatic carbocycles. The second-order valence-corrected chi connectivity index (χ2v) is 6.91. The highest BCUT2D eigenvalue weighted by Crippen LogP contribution is 2.17. The number of hydrogen-bond donors (Lipinski definition) is 1. The highest BCUT2D eigenvalue weighted by Gasteiger charge is 2.21. The van der Waals surface area contributed by atoms with E-state index in [1.807, 2.05) is 44.2 Å². The molecule has 90 valence electrons. The van der Waals surface area contributed by atoms with E-state index < -0.39 is 16.9 Å². The van der Waals surface area contributed by atoms with Crippen LogP contribution in [-0.4, -0.2) is 26.0 Å². The molecule has 0 heterocycles. The quantitative estimate of drug-likeness (QED) is 0.849. The first-order valence-corrected chi connectivity index (χ1v) is 7.51. The summed E-state index contributed by atoms with van der Waals surface area (Å²) in [6.07, 6.45) is -0.465. The topological polar surface area (TPSA) is 37.3 Å². The predicted octanol–water partition coefficient (Wildman–Crippen LogP) is 2.57. The van der Waals surface area contributed by atoms with Crippen molar-refractivity contribution in [3.05, 3.63) is 30.3 Å². The fourth-order valence-corrected chi connectivity index (χ4v) is 3.31. The van der Waals surface area contributed by atoms with Gasteiger partial charge in [0.15, 0.2) is 0 Å². The van der Waals surface area contributed by atoms with Gasteiger partial charge in [-0.25, -0.2) is 0 Å². The normalized spacial score (nSPS) is 18.8. The Morgan fingerprint density at radius 3 is 2.38 bits per heavy atom. The summed E-state index contributed by atoms with van der Waals surface area (Å²) in [7, 11) is -1.03. The molecule has 0 radical (unpaired) electrons. The molecule has 1 rings (SSSR count). The number of benzene rings is 1. The van der Waals surface area contributed by atoms with Gasteiger partial charge in [-0.3, -0.25) is 4.21 Å². The van der Waals surface area contributed by atoms with Crippen molar-refractivity contribution in [3.8, 4) is 0 Å². The van der Waals surface area contributed by atoms with Crippen molar-refractivity contribution in [3.63, 3.8) is 0 Å². The first-order chi connectivity index (χ1) is 7.52. The van der Waals surface area contributed by atoms with Gasteiger partial charge in [-0.15, -0.1) is 0 Å². The van der Waals surface area contributed by atoms with Gasteiger partial charge in [0.25, 0.3) is 0 Å². The highest BCUT2D eigenvalue weighted by atomic mass is 79.9. The van der Waals surface area contributed by atoms with E-state index in [4.69, 9.17) is 0 Å². The summed E-state index contributed by atoms with van der Waals surface area (Å²) < 4.78 is 12.0. The molecular weight excluding hydrogens is 288 g/mol. The zero-order valence-electron chi connectivity index (χ0n) is 9.47. The molecule has 0 saturated carbocycles. The third-order valence-electron chi connectivity index (χ3n) is 2.47. The minimum absolute atomic E-state index is 0.00964. The van der Waals surface area contributed by atoms with Crippen molar-refractivity contribution in [1.82, 2.24) is 0 Å². The van der Waals surface area contributed by atoms with Crippen molar-refractivity contribution in [2.75, 3.05) is 5.75 Å². The maximum absolute atomic E-state index is 12.0. The van der Waals surface area contributed by atoms with Gasteiger partial charge in [0, 0.05) is 15.5 Å². The second kappa shape index (κ2) is 6.52. The van der Waals surface area contributed by atoms with Crippen LogP contribution in [0.5, 0.6) is 0 Å². The summed E-state index contributed by atoms with van der Waals surface area (Å²) in [6, 6.07) is 9.36. The van der Waals surface area contributed by atoms with Crippen LogP contribution in [0.4, 0.5) is 0 Å². The van der Waals surface area contributed by atoms with Gasteiger partial charge >= 0.3 is 0 Å². The lowest BCUT2D eigenvalue weighted by Gasteiger charge is -2.20. The Bertz CT molecular complexity index is 340. The number of alkyl halides is 1. The monoisotopic (exact) mass is 304 g/mol. The first kappa shape index (κ1) is 13.9. The molecule has 0 fully saturated rings. The molecule has 0 bridgehead atoms. The zero-order valence-corrected chi connectivity index (χ0v) is 11.9. The molecule has 1 aromatic rings. The molecule has 0 aliphatic rings. The summed E-state index contributed by atoms with van der Waals surface area (Å²) in [5, 5.41) is 9.81. The summed E-state index contributed by atoms with van der Waals surface area (Å²) >= 11 is 3.34. The van der Waals surface area contributed by atoms with Gasteiger partial charge in [-0.1, -0.05) is 48.0 Å². The molecule has 0 unspecified atom stereocenters. The largest absolute Gasteiger partial charge is 0.392 e. The predicted molar refractivity (Wildman–Crippen MR) is 71.3 cm³/mol. The molecule has 0 aliphatic carbocycles. The van der Waals surface area contributed by atoms with Crippen LogP contribution >= 0.6 is 15.9 Å². The van der Waals surface area contributed by atoms with Crippen molar-refractivity contribution in [1.29, 1.82) is 0 Å². The van der Waals surface area contributed by atoms with E-state index in [0.717, 1.165) is 4.90 Å². The third-order valence-corrected chi connectivity index (χ3v) is 4.64. The lowest BCUT2D eigenvalue weighted by atomic mass is 10.1. The molecule has 0 spiro atoms. The second-order valence-electron chi connectivity index (χ2n) is 3.97. The maximum atomic E-state index is 12.0. The Morgan fingerprint density at radius 1 is 1.31 bits per heavy atom. The van der Waals surface area contributed by atoms with Gasteiger partial charge in [0.2, 0.25) is 0 Å². The smallest absolute Gasteiger partial charge is 0.0696 e. The van der Waals surface area contributed by atoms with Crippen LogP contribution in [0.3, 0.4) is 0 Å².